The molecule has 0 aromatic heterocycles. The fourth-order valence-electron chi connectivity index (χ4n) is 0.844. The highest BCUT2D eigenvalue weighted by Crippen LogP contribution is 2.27. The predicted molar refractivity (Wildman–Crippen MR) is 50.1 cm³/mol. The van der Waals surface area contributed by atoms with Crippen molar-refractivity contribution in [3.8, 4) is 0 Å². The van der Waals surface area contributed by atoms with E-state index in [4.69, 9.17) is 23.2 Å². The van der Waals surface area contributed by atoms with E-state index in [1.165, 1.54) is 0 Å². The summed E-state index contributed by atoms with van der Waals surface area (Å²) < 4.78 is 12.9. The molecule has 0 bridgehead atoms. The first-order valence-corrected chi connectivity index (χ1v) is 4.23. The van der Waals surface area contributed by atoms with Crippen LogP contribution >= 0.6 is 23.2 Å². The molecule has 1 aromatic carbocycles. The zero-order valence-corrected chi connectivity index (χ0v) is 8.30. The monoisotopic (exact) mass is 205 g/mol. The maximum absolute atomic E-state index is 12.9. The van der Waals surface area contributed by atoms with Gasteiger partial charge in [0.05, 0.1) is 10.0 Å². The average molecular weight is 206 g/mol. The van der Waals surface area contributed by atoms with E-state index in [0.717, 1.165) is 11.5 Å². The van der Waals surface area contributed by atoms with Crippen LogP contribution in [-0.2, 0) is 0 Å². The molecule has 0 fully saturated rings. The Balaban J connectivity index is 3.21. The molecule has 0 unspecified atom stereocenters. The summed E-state index contributed by atoms with van der Waals surface area (Å²) in [5, 5.41) is 0.136. The molecule has 0 atom stereocenters. The molecule has 0 aliphatic rings. The summed E-state index contributed by atoms with van der Waals surface area (Å²) in [5.74, 6) is 0.502. The Bertz CT molecular complexity index is 272. The van der Waals surface area contributed by atoms with Crippen LogP contribution in [0.1, 0.15) is 19.4 Å². The smallest absolute Gasteiger partial charge is 0.160 e. The Hall–Kier alpha value is -0.270. The normalized spacial score (nSPS) is 10.8. The summed E-state index contributed by atoms with van der Waals surface area (Å²) in [6, 6.07) is 3.14. The van der Waals surface area contributed by atoms with E-state index in [9.17, 15) is 4.39 Å². The van der Waals surface area contributed by atoms with Gasteiger partial charge in [-0.1, -0.05) is 37.0 Å². The Morgan fingerprint density at radius 2 is 1.58 bits per heavy atom. The molecule has 0 spiro atoms. The molecule has 0 N–H and O–H groups in total. The van der Waals surface area contributed by atoms with Crippen LogP contribution in [0.25, 0.3) is 0 Å². The lowest BCUT2D eigenvalue weighted by Crippen LogP contribution is -1.90. The van der Waals surface area contributed by atoms with Gasteiger partial charge < -0.3 is 0 Å². The number of hydrogen-bond acceptors (Lipinski definition) is 0. The summed E-state index contributed by atoms with van der Waals surface area (Å²) in [6.07, 6.45) is 0. The van der Waals surface area contributed by atoms with Gasteiger partial charge in [-0.25, -0.2) is 4.39 Å². The van der Waals surface area contributed by atoms with Gasteiger partial charge in [0, 0.05) is 0 Å². The van der Waals surface area contributed by atoms with Gasteiger partial charge in [-0.2, -0.15) is 0 Å². The van der Waals surface area contributed by atoms with Crippen LogP contribution in [0.5, 0.6) is 0 Å². The molecule has 65 valence electrons. The topological polar surface area (TPSA) is 0 Å². The molecule has 1 aromatic rings. The summed E-state index contributed by atoms with van der Waals surface area (Å²) in [5.41, 5.74) is 0.867. The van der Waals surface area contributed by atoms with Crippen LogP contribution in [0.2, 0.25) is 10.0 Å². The van der Waals surface area contributed by atoms with Gasteiger partial charge >= 0.3 is 0 Å². The fourth-order valence-corrected chi connectivity index (χ4v) is 1.33. The van der Waals surface area contributed by atoms with Crippen LogP contribution in [-0.4, -0.2) is 0 Å². The molecular formula is C9H8Cl2F. The molecule has 0 saturated carbocycles. The van der Waals surface area contributed by atoms with Crippen molar-refractivity contribution in [2.45, 2.75) is 13.8 Å². The largest absolute Gasteiger partial charge is 0.204 e. The molecule has 0 amide bonds. The van der Waals surface area contributed by atoms with Crippen molar-refractivity contribution in [2.75, 3.05) is 0 Å². The Kier molecular flexibility index (Phi) is 2.97. The number of hydrogen-bond donors (Lipinski definition) is 0. The maximum atomic E-state index is 12.9. The highest BCUT2D eigenvalue weighted by atomic mass is 35.5. The standard InChI is InChI=1S/C9H8Cl2F/c1-5(2)6-3-7(10)9(12)8(11)4-6/h3-4H,1-2H3. The van der Waals surface area contributed by atoms with Crippen LogP contribution in [0, 0.1) is 11.7 Å². The molecule has 1 rings (SSSR count). The molecule has 12 heavy (non-hydrogen) atoms. The van der Waals surface area contributed by atoms with Crippen molar-refractivity contribution < 1.29 is 4.39 Å². The molecule has 1 radical (unpaired) electrons. The molecular weight excluding hydrogens is 198 g/mol. The highest BCUT2D eigenvalue weighted by molar-refractivity contribution is 6.35. The first-order chi connectivity index (χ1) is 5.52. The molecule has 0 aliphatic heterocycles. The maximum Gasteiger partial charge on any atom is 0.160 e. The third kappa shape index (κ3) is 1.90. The Morgan fingerprint density at radius 3 is 1.92 bits per heavy atom. The van der Waals surface area contributed by atoms with Crippen molar-refractivity contribution in [1.29, 1.82) is 0 Å². The zero-order valence-electron chi connectivity index (χ0n) is 6.79. The molecule has 0 nitrogen and oxygen atoms in total. The zero-order chi connectivity index (χ0) is 9.30. The van der Waals surface area contributed by atoms with E-state index in [0.29, 0.717) is 0 Å². The molecule has 3 heteroatoms. The van der Waals surface area contributed by atoms with Gasteiger partial charge in [0.15, 0.2) is 5.82 Å². The molecule has 0 heterocycles. The van der Waals surface area contributed by atoms with E-state index in [2.05, 4.69) is 0 Å². The number of benzene rings is 1. The number of halogens is 3. The summed E-state index contributed by atoms with van der Waals surface area (Å²) in [4.78, 5) is 0. The second-order valence-corrected chi connectivity index (χ2v) is 3.57. The number of rotatable bonds is 1. The van der Waals surface area contributed by atoms with Crippen LogP contribution in [0.15, 0.2) is 12.1 Å². The van der Waals surface area contributed by atoms with Crippen LogP contribution in [0.4, 0.5) is 4.39 Å². The first-order valence-electron chi connectivity index (χ1n) is 3.47. The highest BCUT2D eigenvalue weighted by Gasteiger charge is 2.09. The average Bonchev–Trinajstić information content (AvgIpc) is 1.99. The van der Waals surface area contributed by atoms with Gasteiger partial charge in [0.25, 0.3) is 0 Å². The first kappa shape index (κ1) is 9.82. The summed E-state index contributed by atoms with van der Waals surface area (Å²) in [6.45, 7) is 3.83. The quantitative estimate of drug-likeness (QED) is 0.607. The lowest BCUT2D eigenvalue weighted by atomic mass is 10.0. The Labute approximate surface area is 81.3 Å². The minimum absolute atomic E-state index is 0.0682. The van der Waals surface area contributed by atoms with Gasteiger partial charge in [-0.15, -0.1) is 0 Å². The third-order valence-corrected chi connectivity index (χ3v) is 2.11. The third-order valence-electron chi connectivity index (χ3n) is 1.56. The van der Waals surface area contributed by atoms with Crippen molar-refractivity contribution >= 4 is 23.2 Å². The van der Waals surface area contributed by atoms with Crippen LogP contribution in [0.3, 0.4) is 0 Å². The van der Waals surface area contributed by atoms with Crippen LogP contribution < -0.4 is 0 Å². The molecule has 0 aliphatic carbocycles. The fraction of sp³-hybridized carbons (Fsp3) is 0.222. The molecule has 0 saturated heterocycles. The minimum atomic E-state index is -0.552. The second-order valence-electron chi connectivity index (χ2n) is 2.75. The van der Waals surface area contributed by atoms with Gasteiger partial charge in [0.2, 0.25) is 0 Å². The SMILES string of the molecule is C[C](C)c1cc(Cl)c(F)c(Cl)c1. The minimum Gasteiger partial charge on any atom is -0.204 e. The van der Waals surface area contributed by atoms with Crippen molar-refractivity contribution in [1.82, 2.24) is 0 Å². The lowest BCUT2D eigenvalue weighted by molar-refractivity contribution is 0.628. The van der Waals surface area contributed by atoms with E-state index in [1.54, 1.807) is 12.1 Å². The van der Waals surface area contributed by atoms with E-state index >= 15 is 0 Å². The predicted octanol–water partition coefficient (Wildman–Crippen LogP) is 4.09. The van der Waals surface area contributed by atoms with Crippen molar-refractivity contribution in [3.63, 3.8) is 0 Å². The summed E-state index contributed by atoms with van der Waals surface area (Å²) in [7, 11) is 0. The van der Waals surface area contributed by atoms with Gasteiger partial charge in [-0.05, 0) is 23.6 Å². The van der Waals surface area contributed by atoms with E-state index in [-0.39, 0.29) is 10.0 Å². The van der Waals surface area contributed by atoms with Crippen molar-refractivity contribution in [2.24, 2.45) is 0 Å². The summed E-state index contributed by atoms with van der Waals surface area (Å²) >= 11 is 11.2. The van der Waals surface area contributed by atoms with E-state index in [1.807, 2.05) is 13.8 Å². The Morgan fingerprint density at radius 1 is 1.17 bits per heavy atom. The van der Waals surface area contributed by atoms with Gasteiger partial charge in [0.1, 0.15) is 0 Å². The van der Waals surface area contributed by atoms with Crippen molar-refractivity contribution in [3.05, 3.63) is 39.5 Å². The second kappa shape index (κ2) is 3.63. The van der Waals surface area contributed by atoms with E-state index < -0.39 is 5.82 Å². The van der Waals surface area contributed by atoms with Gasteiger partial charge in [-0.3, -0.25) is 0 Å². The lowest BCUT2D eigenvalue weighted by Gasteiger charge is -2.06.